The molecule has 6 heteroatoms. The molecule has 2 rings (SSSR count). The molecule has 0 spiro atoms. The predicted octanol–water partition coefficient (Wildman–Crippen LogP) is -0.460. The summed E-state index contributed by atoms with van der Waals surface area (Å²) in [7, 11) is 1.74. The number of rotatable bonds is 3. The Morgan fingerprint density at radius 3 is 2.72 bits per heavy atom. The molecule has 1 aromatic heterocycles. The molecular formula is C12H15N3O3. The average molecular weight is 249 g/mol. The fraction of sp³-hybridized carbons (Fsp3) is 0.500. The van der Waals surface area contributed by atoms with E-state index in [4.69, 9.17) is 5.11 Å². The van der Waals surface area contributed by atoms with Gasteiger partial charge in [0.2, 0.25) is 0 Å². The number of aryl methyl sites for hydroxylation is 2. The Kier molecular flexibility index (Phi) is 3.02. The van der Waals surface area contributed by atoms with Crippen LogP contribution in [0.2, 0.25) is 0 Å². The van der Waals surface area contributed by atoms with Crippen LogP contribution in [-0.4, -0.2) is 26.8 Å². The van der Waals surface area contributed by atoms with Gasteiger partial charge < -0.3 is 5.11 Å². The minimum Gasteiger partial charge on any atom is -0.481 e. The maximum atomic E-state index is 11.9. The number of fused-ring (bicyclic) bond motifs is 1. The molecule has 0 aromatic carbocycles. The number of aliphatic carboxylic acids is 1. The zero-order valence-corrected chi connectivity index (χ0v) is 10.6. The van der Waals surface area contributed by atoms with Crippen molar-refractivity contribution in [1.29, 1.82) is 0 Å². The summed E-state index contributed by atoms with van der Waals surface area (Å²) in [6.07, 6.45) is 0.259. The molecule has 1 amide bonds. The van der Waals surface area contributed by atoms with Gasteiger partial charge in [-0.05, 0) is 25.8 Å². The van der Waals surface area contributed by atoms with E-state index in [9.17, 15) is 9.59 Å². The largest absolute Gasteiger partial charge is 0.481 e. The second-order valence-corrected chi connectivity index (χ2v) is 4.53. The van der Waals surface area contributed by atoms with Crippen molar-refractivity contribution in [1.82, 2.24) is 9.78 Å². The molecule has 96 valence electrons. The third-order valence-electron chi connectivity index (χ3n) is 3.27. The third kappa shape index (κ3) is 1.94. The highest BCUT2D eigenvalue weighted by Crippen LogP contribution is 2.20. The standard InChI is InChI=1S/C12H15N3O3/c1-6-8(4-5-9(16)17)12(18)13-11-10(6)7(2)14-15(11)3/h8H,4-5H2,1-3H3,(H,16,17). The first-order chi connectivity index (χ1) is 8.41. The Morgan fingerprint density at radius 2 is 2.11 bits per heavy atom. The van der Waals surface area contributed by atoms with Gasteiger partial charge in [-0.1, -0.05) is 0 Å². The van der Waals surface area contributed by atoms with Crippen LogP contribution < -0.4 is 10.7 Å². The first kappa shape index (κ1) is 12.5. The summed E-state index contributed by atoms with van der Waals surface area (Å²) >= 11 is 0. The van der Waals surface area contributed by atoms with Gasteiger partial charge in [0.15, 0.2) is 5.49 Å². The Labute approximate surface area is 104 Å². The lowest BCUT2D eigenvalue weighted by molar-refractivity contribution is -0.137. The van der Waals surface area contributed by atoms with Gasteiger partial charge in [0.1, 0.15) is 0 Å². The van der Waals surface area contributed by atoms with E-state index in [1.807, 2.05) is 13.8 Å². The fourth-order valence-corrected chi connectivity index (χ4v) is 2.39. The lowest BCUT2D eigenvalue weighted by atomic mass is 9.91. The van der Waals surface area contributed by atoms with Crippen LogP contribution in [0.1, 0.15) is 25.5 Å². The summed E-state index contributed by atoms with van der Waals surface area (Å²) in [5, 5.41) is 13.8. The number of carboxylic acid groups (broad SMARTS) is 1. The molecule has 0 fully saturated rings. The van der Waals surface area contributed by atoms with Crippen molar-refractivity contribution >= 4 is 17.4 Å². The summed E-state index contributed by atoms with van der Waals surface area (Å²) in [4.78, 5) is 26.5. The second-order valence-electron chi connectivity index (χ2n) is 4.53. The molecule has 18 heavy (non-hydrogen) atoms. The molecule has 0 saturated carbocycles. The average Bonchev–Trinajstić information content (AvgIpc) is 2.53. The van der Waals surface area contributed by atoms with Gasteiger partial charge in [0.05, 0.1) is 11.6 Å². The van der Waals surface area contributed by atoms with Crippen LogP contribution in [0.25, 0.3) is 5.57 Å². The monoisotopic (exact) mass is 249 g/mol. The van der Waals surface area contributed by atoms with E-state index in [1.165, 1.54) is 0 Å². The summed E-state index contributed by atoms with van der Waals surface area (Å²) in [6.45, 7) is 3.72. The minimum absolute atomic E-state index is 0.0299. The van der Waals surface area contributed by atoms with Crippen LogP contribution in [0.3, 0.4) is 0 Å². The number of aromatic nitrogens is 2. The van der Waals surface area contributed by atoms with E-state index < -0.39 is 11.9 Å². The van der Waals surface area contributed by atoms with Gasteiger partial charge in [-0.2, -0.15) is 10.1 Å². The molecule has 0 bridgehead atoms. The van der Waals surface area contributed by atoms with Crippen molar-refractivity contribution in [3.05, 3.63) is 16.4 Å². The van der Waals surface area contributed by atoms with Gasteiger partial charge in [0.25, 0.3) is 5.91 Å². The Hall–Kier alpha value is -1.98. The molecule has 0 radical (unpaired) electrons. The molecule has 1 atom stereocenters. The van der Waals surface area contributed by atoms with Gasteiger partial charge >= 0.3 is 5.97 Å². The van der Waals surface area contributed by atoms with Crippen molar-refractivity contribution in [2.45, 2.75) is 26.7 Å². The molecule has 0 saturated heterocycles. The maximum absolute atomic E-state index is 11.9. The maximum Gasteiger partial charge on any atom is 0.303 e. The van der Waals surface area contributed by atoms with E-state index in [0.29, 0.717) is 5.49 Å². The third-order valence-corrected chi connectivity index (χ3v) is 3.27. The van der Waals surface area contributed by atoms with Crippen LogP contribution >= 0.6 is 0 Å². The summed E-state index contributed by atoms with van der Waals surface area (Å²) < 4.78 is 1.58. The number of hydrogen-bond donors (Lipinski definition) is 1. The smallest absolute Gasteiger partial charge is 0.303 e. The quantitative estimate of drug-likeness (QED) is 0.785. The van der Waals surface area contributed by atoms with E-state index in [2.05, 4.69) is 10.1 Å². The van der Waals surface area contributed by atoms with Crippen molar-refractivity contribution in [3.8, 4) is 0 Å². The van der Waals surface area contributed by atoms with Gasteiger partial charge in [0, 0.05) is 18.7 Å². The highest BCUT2D eigenvalue weighted by atomic mass is 16.4. The summed E-state index contributed by atoms with van der Waals surface area (Å²) in [5.41, 5.74) is 2.26. The lowest BCUT2D eigenvalue weighted by Gasteiger charge is -2.15. The van der Waals surface area contributed by atoms with Crippen molar-refractivity contribution in [2.75, 3.05) is 0 Å². The fourth-order valence-electron chi connectivity index (χ4n) is 2.39. The molecule has 1 aromatic rings. The molecular weight excluding hydrogens is 234 g/mol. The number of carbonyl (C=O) groups is 2. The highest BCUT2D eigenvalue weighted by Gasteiger charge is 2.26. The molecule has 2 heterocycles. The van der Waals surface area contributed by atoms with Crippen molar-refractivity contribution in [2.24, 2.45) is 18.0 Å². The first-order valence-electron chi connectivity index (χ1n) is 5.76. The van der Waals surface area contributed by atoms with Crippen LogP contribution in [0.5, 0.6) is 0 Å². The number of carboxylic acids is 1. The minimum atomic E-state index is -0.899. The zero-order chi connectivity index (χ0) is 13.4. The van der Waals surface area contributed by atoms with Crippen LogP contribution in [0.15, 0.2) is 4.99 Å². The van der Waals surface area contributed by atoms with Crippen LogP contribution in [-0.2, 0) is 16.6 Å². The number of carbonyl (C=O) groups excluding carboxylic acids is 1. The molecule has 1 N–H and O–H groups in total. The normalized spacial score (nSPS) is 18.5. The van der Waals surface area contributed by atoms with Crippen molar-refractivity contribution in [3.63, 3.8) is 0 Å². The summed E-state index contributed by atoms with van der Waals surface area (Å²) in [6, 6.07) is 0. The molecule has 1 aliphatic rings. The SMILES string of the molecule is CC1=c2c(C)nn(C)c2=NC(=O)C1CCC(=O)O. The van der Waals surface area contributed by atoms with Gasteiger partial charge in [-0.25, -0.2) is 0 Å². The Balaban J connectivity index is 2.52. The number of hydrogen-bond acceptors (Lipinski definition) is 3. The van der Waals surface area contributed by atoms with E-state index >= 15 is 0 Å². The van der Waals surface area contributed by atoms with E-state index in [-0.39, 0.29) is 18.7 Å². The Bertz CT molecular complexity index is 642. The predicted molar refractivity (Wildman–Crippen MR) is 63.2 cm³/mol. The summed E-state index contributed by atoms with van der Waals surface area (Å²) in [5.74, 6) is -1.61. The first-order valence-corrected chi connectivity index (χ1v) is 5.76. The molecule has 0 aliphatic carbocycles. The van der Waals surface area contributed by atoms with Crippen LogP contribution in [0.4, 0.5) is 0 Å². The topological polar surface area (TPSA) is 84.5 Å². The number of nitrogens with zero attached hydrogens (tertiary/aromatic N) is 3. The second kappa shape index (κ2) is 4.36. The lowest BCUT2D eigenvalue weighted by Crippen LogP contribution is -2.39. The Morgan fingerprint density at radius 1 is 1.44 bits per heavy atom. The van der Waals surface area contributed by atoms with Crippen LogP contribution in [0, 0.1) is 12.8 Å². The van der Waals surface area contributed by atoms with Crippen molar-refractivity contribution < 1.29 is 14.7 Å². The molecule has 1 unspecified atom stereocenters. The molecule has 6 nitrogen and oxygen atoms in total. The highest BCUT2D eigenvalue weighted by molar-refractivity contribution is 5.89. The molecule has 1 aliphatic heterocycles. The van der Waals surface area contributed by atoms with E-state index in [0.717, 1.165) is 16.5 Å². The zero-order valence-electron chi connectivity index (χ0n) is 10.6. The van der Waals surface area contributed by atoms with E-state index in [1.54, 1.807) is 11.7 Å². The van der Waals surface area contributed by atoms with Gasteiger partial charge in [-0.3, -0.25) is 14.3 Å². The number of amides is 1. The van der Waals surface area contributed by atoms with Gasteiger partial charge in [-0.15, -0.1) is 0 Å².